The molecule has 3 heteroatoms. The summed E-state index contributed by atoms with van der Waals surface area (Å²) in [5.74, 6) is 0.132. The van der Waals surface area contributed by atoms with Crippen molar-refractivity contribution in [3.8, 4) is 0 Å². The molecule has 1 aliphatic heterocycles. The van der Waals surface area contributed by atoms with E-state index >= 15 is 0 Å². The first kappa shape index (κ1) is 13.1. The molecule has 1 amide bonds. The summed E-state index contributed by atoms with van der Waals surface area (Å²) in [5.41, 5.74) is 8.86. The van der Waals surface area contributed by atoms with Gasteiger partial charge in [0.15, 0.2) is 0 Å². The topological polar surface area (TPSA) is 46.3 Å². The van der Waals surface area contributed by atoms with Crippen LogP contribution in [0.4, 0.5) is 0 Å². The zero-order valence-corrected chi connectivity index (χ0v) is 11.5. The van der Waals surface area contributed by atoms with Gasteiger partial charge in [-0.25, -0.2) is 0 Å². The highest BCUT2D eigenvalue weighted by molar-refractivity contribution is 5.97. The normalized spacial score (nSPS) is 15.8. The molecule has 1 aliphatic rings. The Bertz CT molecular complexity index is 460. The van der Waals surface area contributed by atoms with Crippen molar-refractivity contribution >= 4 is 5.91 Å². The maximum atomic E-state index is 12.4. The molecule has 1 aromatic rings. The van der Waals surface area contributed by atoms with Crippen LogP contribution in [0.1, 0.15) is 42.3 Å². The summed E-state index contributed by atoms with van der Waals surface area (Å²) in [6, 6.07) is 6.30. The summed E-state index contributed by atoms with van der Waals surface area (Å²) in [6.45, 7) is 8.47. The average molecular weight is 246 g/mol. The molecule has 0 aliphatic carbocycles. The van der Waals surface area contributed by atoms with Crippen LogP contribution in [0.3, 0.4) is 0 Å². The van der Waals surface area contributed by atoms with Crippen LogP contribution < -0.4 is 5.73 Å². The molecule has 0 atom stereocenters. The van der Waals surface area contributed by atoms with Gasteiger partial charge in [0.1, 0.15) is 0 Å². The van der Waals surface area contributed by atoms with Crippen molar-refractivity contribution in [3.63, 3.8) is 0 Å². The van der Waals surface area contributed by atoms with Gasteiger partial charge in [0.25, 0.3) is 5.91 Å². The fraction of sp³-hybridized carbons (Fsp3) is 0.533. The van der Waals surface area contributed by atoms with Crippen molar-refractivity contribution in [3.05, 3.63) is 34.9 Å². The maximum absolute atomic E-state index is 12.4. The molecular weight excluding hydrogens is 224 g/mol. The quantitative estimate of drug-likeness (QED) is 0.867. The monoisotopic (exact) mass is 246 g/mol. The molecule has 1 aromatic carbocycles. The lowest BCUT2D eigenvalue weighted by Gasteiger charge is -2.30. The number of nitrogens with zero attached hydrogens (tertiary/aromatic N) is 1. The van der Waals surface area contributed by atoms with Gasteiger partial charge in [0.05, 0.1) is 0 Å². The number of rotatable bonds is 2. The fourth-order valence-corrected chi connectivity index (χ4v) is 2.36. The lowest BCUT2D eigenvalue weighted by Crippen LogP contribution is -2.40. The Balaban J connectivity index is 2.37. The number of amides is 1. The molecular formula is C15H22N2O. The van der Waals surface area contributed by atoms with Crippen LogP contribution in [-0.2, 0) is 11.8 Å². The van der Waals surface area contributed by atoms with Crippen LogP contribution in [0.2, 0.25) is 0 Å². The Hall–Kier alpha value is -1.35. The Kier molecular flexibility index (Phi) is 3.44. The zero-order chi connectivity index (χ0) is 13.3. The minimum atomic E-state index is 0.0749. The average Bonchev–Trinajstić information content (AvgIpc) is 2.31. The number of carbonyl (C=O) groups is 1. The third-order valence-electron chi connectivity index (χ3n) is 3.54. The standard InChI is InChI=1S/C15H22N2O/c1-15(2,3)12-5-4-11-6-8-17(9-7-16)14(18)13(11)10-12/h4-5,10H,6-9,16H2,1-3H3. The number of nitrogens with two attached hydrogens (primary N) is 1. The molecule has 0 saturated heterocycles. The summed E-state index contributed by atoms with van der Waals surface area (Å²) in [7, 11) is 0. The van der Waals surface area contributed by atoms with Gasteiger partial charge < -0.3 is 10.6 Å². The molecule has 0 unspecified atom stereocenters. The number of fused-ring (bicyclic) bond motifs is 1. The van der Waals surface area contributed by atoms with Gasteiger partial charge in [-0.15, -0.1) is 0 Å². The lowest BCUT2D eigenvalue weighted by atomic mass is 9.84. The fourth-order valence-electron chi connectivity index (χ4n) is 2.36. The van der Waals surface area contributed by atoms with E-state index in [1.54, 1.807) is 0 Å². The van der Waals surface area contributed by atoms with Crippen molar-refractivity contribution in [1.82, 2.24) is 4.90 Å². The smallest absolute Gasteiger partial charge is 0.254 e. The summed E-state index contributed by atoms with van der Waals surface area (Å²) in [6.07, 6.45) is 0.936. The van der Waals surface area contributed by atoms with E-state index in [1.165, 1.54) is 11.1 Å². The summed E-state index contributed by atoms with van der Waals surface area (Å²) in [4.78, 5) is 14.2. The van der Waals surface area contributed by atoms with Crippen molar-refractivity contribution in [2.75, 3.05) is 19.6 Å². The molecule has 3 nitrogen and oxygen atoms in total. The first-order valence-corrected chi connectivity index (χ1v) is 6.56. The summed E-state index contributed by atoms with van der Waals surface area (Å²) < 4.78 is 0. The Morgan fingerprint density at radius 3 is 2.67 bits per heavy atom. The van der Waals surface area contributed by atoms with E-state index in [4.69, 9.17) is 5.73 Å². The summed E-state index contributed by atoms with van der Waals surface area (Å²) in [5, 5.41) is 0. The molecule has 0 bridgehead atoms. The SMILES string of the molecule is CC(C)(C)c1ccc2c(c1)C(=O)N(CCN)CC2. The molecule has 0 fully saturated rings. The Labute approximate surface area is 109 Å². The highest BCUT2D eigenvalue weighted by Gasteiger charge is 2.25. The van der Waals surface area contributed by atoms with E-state index in [9.17, 15) is 4.79 Å². The van der Waals surface area contributed by atoms with Gasteiger partial charge in [-0.3, -0.25) is 4.79 Å². The van der Waals surface area contributed by atoms with Gasteiger partial charge in [0, 0.05) is 25.2 Å². The second kappa shape index (κ2) is 4.73. The van der Waals surface area contributed by atoms with Gasteiger partial charge >= 0.3 is 0 Å². The minimum absolute atomic E-state index is 0.0749. The molecule has 0 saturated carbocycles. The third kappa shape index (κ3) is 2.41. The molecule has 18 heavy (non-hydrogen) atoms. The number of carbonyl (C=O) groups excluding carboxylic acids is 1. The van der Waals surface area contributed by atoms with Crippen LogP contribution in [0.25, 0.3) is 0 Å². The van der Waals surface area contributed by atoms with Gasteiger partial charge in [0.2, 0.25) is 0 Å². The van der Waals surface area contributed by atoms with E-state index in [1.807, 2.05) is 4.90 Å². The van der Waals surface area contributed by atoms with Gasteiger partial charge in [-0.2, -0.15) is 0 Å². The highest BCUT2D eigenvalue weighted by Crippen LogP contribution is 2.27. The first-order chi connectivity index (χ1) is 8.43. The van der Waals surface area contributed by atoms with E-state index in [0.29, 0.717) is 13.1 Å². The van der Waals surface area contributed by atoms with E-state index < -0.39 is 0 Å². The van der Waals surface area contributed by atoms with E-state index in [2.05, 4.69) is 39.0 Å². The van der Waals surface area contributed by atoms with Gasteiger partial charge in [-0.05, 0) is 29.0 Å². The zero-order valence-electron chi connectivity index (χ0n) is 11.5. The van der Waals surface area contributed by atoms with Crippen LogP contribution in [0, 0.1) is 0 Å². The van der Waals surface area contributed by atoms with Crippen LogP contribution in [-0.4, -0.2) is 30.4 Å². The Morgan fingerprint density at radius 1 is 1.33 bits per heavy atom. The molecule has 0 aromatic heterocycles. The second-order valence-electron chi connectivity index (χ2n) is 5.95. The molecule has 1 heterocycles. The number of benzene rings is 1. The number of hydrogen-bond donors (Lipinski definition) is 1. The Morgan fingerprint density at radius 2 is 2.06 bits per heavy atom. The van der Waals surface area contributed by atoms with Gasteiger partial charge in [-0.1, -0.05) is 32.9 Å². The molecule has 0 spiro atoms. The molecule has 98 valence electrons. The van der Waals surface area contributed by atoms with E-state index in [-0.39, 0.29) is 11.3 Å². The van der Waals surface area contributed by atoms with Crippen molar-refractivity contribution < 1.29 is 4.79 Å². The molecule has 0 radical (unpaired) electrons. The van der Waals surface area contributed by atoms with Crippen molar-refractivity contribution in [1.29, 1.82) is 0 Å². The largest absolute Gasteiger partial charge is 0.337 e. The first-order valence-electron chi connectivity index (χ1n) is 6.56. The van der Waals surface area contributed by atoms with Crippen LogP contribution in [0.5, 0.6) is 0 Å². The maximum Gasteiger partial charge on any atom is 0.254 e. The molecule has 2 rings (SSSR count). The van der Waals surface area contributed by atoms with Crippen molar-refractivity contribution in [2.45, 2.75) is 32.6 Å². The third-order valence-corrected chi connectivity index (χ3v) is 3.54. The second-order valence-corrected chi connectivity index (χ2v) is 5.95. The lowest BCUT2D eigenvalue weighted by molar-refractivity contribution is 0.0744. The molecule has 2 N–H and O–H groups in total. The van der Waals surface area contributed by atoms with E-state index in [0.717, 1.165) is 18.5 Å². The van der Waals surface area contributed by atoms with Crippen LogP contribution in [0.15, 0.2) is 18.2 Å². The highest BCUT2D eigenvalue weighted by atomic mass is 16.2. The predicted molar refractivity (Wildman–Crippen MR) is 73.8 cm³/mol. The number of hydrogen-bond acceptors (Lipinski definition) is 2. The summed E-state index contributed by atoms with van der Waals surface area (Å²) >= 11 is 0. The minimum Gasteiger partial charge on any atom is -0.337 e. The van der Waals surface area contributed by atoms with Crippen molar-refractivity contribution in [2.24, 2.45) is 5.73 Å². The van der Waals surface area contributed by atoms with Crippen LogP contribution >= 0.6 is 0 Å². The predicted octanol–water partition coefficient (Wildman–Crippen LogP) is 1.94.